The van der Waals surface area contributed by atoms with E-state index in [2.05, 4.69) is 21.9 Å². The molecule has 0 heterocycles. The van der Waals surface area contributed by atoms with Crippen LogP contribution in [0.15, 0.2) is 42.5 Å². The molecule has 0 radical (unpaired) electrons. The summed E-state index contributed by atoms with van der Waals surface area (Å²) in [6.07, 6.45) is 5.42. The summed E-state index contributed by atoms with van der Waals surface area (Å²) in [7, 11) is 0. The Morgan fingerprint density at radius 3 is 1.71 bits per heavy atom. The number of hydrogen-bond acceptors (Lipinski definition) is 3. The normalized spacial score (nSPS) is 11.3. The van der Waals surface area contributed by atoms with Crippen molar-refractivity contribution in [1.29, 1.82) is 0 Å². The molecule has 6 heteroatoms. The van der Waals surface area contributed by atoms with E-state index in [9.17, 15) is 14.4 Å². The number of hydrogen-bond donors (Lipinski definition) is 3. The molecule has 0 spiro atoms. The third kappa shape index (κ3) is 6.71. The average Bonchev–Trinajstić information content (AvgIpc) is 2.66. The van der Waals surface area contributed by atoms with Crippen LogP contribution in [0, 0.1) is 23.2 Å². The van der Waals surface area contributed by atoms with Crippen molar-refractivity contribution in [3.05, 3.63) is 53.6 Å². The Hall–Kier alpha value is -3.59. The molecule has 0 aliphatic rings. The topological polar surface area (TPSA) is 87.3 Å². The molecule has 2 rings (SSSR count). The first-order valence-corrected chi connectivity index (χ1v) is 9.95. The van der Waals surface area contributed by atoms with Gasteiger partial charge in [0, 0.05) is 39.0 Å². The van der Waals surface area contributed by atoms with Gasteiger partial charge >= 0.3 is 0 Å². The number of carbonyl (C=O) groups is 3. The standard InChI is InChI=1S/C25H29N3O3/c1-8-16-10-9-11-18(12-16)26-21(29)17-13-19(27-22(30)24(2,3)4)15-20(14-17)28-23(31)25(5,6)7/h1,9-15H,2-7H3,(H,26,29)(H,27,30)(H,28,31). The number of terminal acetylenes is 1. The summed E-state index contributed by atoms with van der Waals surface area (Å²) in [6, 6.07) is 11.7. The molecular weight excluding hydrogens is 390 g/mol. The fourth-order valence-corrected chi connectivity index (χ4v) is 2.43. The molecule has 0 aliphatic carbocycles. The van der Waals surface area contributed by atoms with Crippen molar-refractivity contribution >= 4 is 34.8 Å². The molecule has 31 heavy (non-hydrogen) atoms. The molecule has 0 unspecified atom stereocenters. The summed E-state index contributed by atoms with van der Waals surface area (Å²) in [6.45, 7) is 10.7. The Bertz CT molecular complexity index is 1000. The lowest BCUT2D eigenvalue weighted by Gasteiger charge is -2.20. The van der Waals surface area contributed by atoms with Crippen molar-refractivity contribution < 1.29 is 14.4 Å². The van der Waals surface area contributed by atoms with E-state index >= 15 is 0 Å². The molecule has 0 aliphatic heterocycles. The zero-order chi connectivity index (χ0) is 23.4. The van der Waals surface area contributed by atoms with Crippen LogP contribution in [0.25, 0.3) is 0 Å². The van der Waals surface area contributed by atoms with Crippen molar-refractivity contribution in [3.8, 4) is 12.3 Å². The van der Waals surface area contributed by atoms with Crippen LogP contribution in [0.2, 0.25) is 0 Å². The minimum Gasteiger partial charge on any atom is -0.326 e. The van der Waals surface area contributed by atoms with Gasteiger partial charge in [-0.05, 0) is 36.4 Å². The quantitative estimate of drug-likeness (QED) is 0.617. The second-order valence-electron chi connectivity index (χ2n) is 9.39. The smallest absolute Gasteiger partial charge is 0.255 e. The molecule has 0 saturated heterocycles. The second-order valence-corrected chi connectivity index (χ2v) is 9.39. The van der Waals surface area contributed by atoms with Crippen LogP contribution in [0.3, 0.4) is 0 Å². The van der Waals surface area contributed by atoms with E-state index in [1.165, 1.54) is 0 Å². The van der Waals surface area contributed by atoms with Gasteiger partial charge in [0.25, 0.3) is 5.91 Å². The number of benzene rings is 2. The second kappa shape index (κ2) is 9.05. The number of anilines is 3. The maximum atomic E-state index is 12.9. The third-order valence-corrected chi connectivity index (χ3v) is 4.36. The number of nitrogens with one attached hydrogen (secondary N) is 3. The molecule has 3 N–H and O–H groups in total. The van der Waals surface area contributed by atoms with Crippen molar-refractivity contribution in [2.24, 2.45) is 10.8 Å². The highest BCUT2D eigenvalue weighted by Crippen LogP contribution is 2.25. The lowest BCUT2D eigenvalue weighted by atomic mass is 9.95. The van der Waals surface area contributed by atoms with Crippen molar-refractivity contribution in [2.45, 2.75) is 41.5 Å². The van der Waals surface area contributed by atoms with E-state index < -0.39 is 16.7 Å². The molecule has 3 amide bonds. The van der Waals surface area contributed by atoms with Crippen LogP contribution in [0.5, 0.6) is 0 Å². The van der Waals surface area contributed by atoms with Crippen LogP contribution in [-0.4, -0.2) is 17.7 Å². The zero-order valence-corrected chi connectivity index (χ0v) is 18.8. The Morgan fingerprint density at radius 2 is 1.26 bits per heavy atom. The minimum atomic E-state index is -0.622. The molecule has 0 aromatic heterocycles. The molecule has 2 aromatic rings. The van der Waals surface area contributed by atoms with Gasteiger partial charge in [0.1, 0.15) is 0 Å². The van der Waals surface area contributed by atoms with Gasteiger partial charge < -0.3 is 16.0 Å². The monoisotopic (exact) mass is 419 g/mol. The van der Waals surface area contributed by atoms with E-state index in [1.807, 2.05) is 0 Å². The summed E-state index contributed by atoms with van der Waals surface area (Å²) in [5.74, 6) is 1.71. The van der Waals surface area contributed by atoms with Gasteiger partial charge in [-0.15, -0.1) is 6.42 Å². The van der Waals surface area contributed by atoms with E-state index in [1.54, 1.807) is 84.0 Å². The largest absolute Gasteiger partial charge is 0.326 e. The Kier molecular flexibility index (Phi) is 6.91. The first kappa shape index (κ1) is 23.7. The maximum Gasteiger partial charge on any atom is 0.255 e. The third-order valence-electron chi connectivity index (χ3n) is 4.36. The molecular formula is C25H29N3O3. The molecule has 6 nitrogen and oxygen atoms in total. The van der Waals surface area contributed by atoms with Crippen molar-refractivity contribution in [3.63, 3.8) is 0 Å². The highest BCUT2D eigenvalue weighted by atomic mass is 16.2. The first-order valence-electron chi connectivity index (χ1n) is 9.95. The predicted molar refractivity (Wildman–Crippen MR) is 125 cm³/mol. The fraction of sp³-hybridized carbons (Fsp3) is 0.320. The van der Waals surface area contributed by atoms with Gasteiger partial charge in [0.05, 0.1) is 0 Å². The van der Waals surface area contributed by atoms with E-state index in [0.717, 1.165) is 0 Å². The van der Waals surface area contributed by atoms with Gasteiger partial charge in [-0.2, -0.15) is 0 Å². The van der Waals surface area contributed by atoms with E-state index in [-0.39, 0.29) is 17.4 Å². The molecule has 2 aromatic carbocycles. The van der Waals surface area contributed by atoms with Crippen molar-refractivity contribution in [1.82, 2.24) is 0 Å². The van der Waals surface area contributed by atoms with Gasteiger partial charge in [0.2, 0.25) is 11.8 Å². The number of rotatable bonds is 4. The summed E-state index contributed by atoms with van der Waals surface area (Å²) >= 11 is 0. The number of carbonyl (C=O) groups excluding carboxylic acids is 3. The van der Waals surface area contributed by atoms with Crippen molar-refractivity contribution in [2.75, 3.05) is 16.0 Å². The Balaban J connectivity index is 2.39. The maximum absolute atomic E-state index is 12.9. The first-order chi connectivity index (χ1) is 14.3. The Morgan fingerprint density at radius 1 is 0.742 bits per heavy atom. The van der Waals surface area contributed by atoms with Crippen LogP contribution >= 0.6 is 0 Å². The molecule has 0 saturated carbocycles. The van der Waals surface area contributed by atoms with Crippen LogP contribution in [-0.2, 0) is 9.59 Å². The molecule has 0 atom stereocenters. The van der Waals surface area contributed by atoms with Crippen LogP contribution in [0.1, 0.15) is 57.5 Å². The molecule has 0 fully saturated rings. The summed E-state index contributed by atoms with van der Waals surface area (Å²) in [4.78, 5) is 37.8. The highest BCUT2D eigenvalue weighted by Gasteiger charge is 2.24. The number of amides is 3. The van der Waals surface area contributed by atoms with Crippen LogP contribution in [0.4, 0.5) is 17.1 Å². The van der Waals surface area contributed by atoms with Gasteiger partial charge in [0.15, 0.2) is 0 Å². The molecule has 0 bridgehead atoms. The lowest BCUT2D eigenvalue weighted by Crippen LogP contribution is -2.29. The fourth-order valence-electron chi connectivity index (χ4n) is 2.43. The van der Waals surface area contributed by atoms with E-state index in [4.69, 9.17) is 6.42 Å². The summed E-state index contributed by atoms with van der Waals surface area (Å²) < 4.78 is 0. The zero-order valence-electron chi connectivity index (χ0n) is 18.8. The predicted octanol–water partition coefficient (Wildman–Crippen LogP) is 4.89. The SMILES string of the molecule is C#Cc1cccc(NC(=O)c2cc(NC(=O)C(C)(C)C)cc(NC(=O)C(C)(C)C)c2)c1. The van der Waals surface area contributed by atoms with Gasteiger partial charge in [-0.1, -0.05) is 53.5 Å². The van der Waals surface area contributed by atoms with Gasteiger partial charge in [-0.25, -0.2) is 0 Å². The average molecular weight is 420 g/mol. The van der Waals surface area contributed by atoms with Crippen LogP contribution < -0.4 is 16.0 Å². The Labute approximate surface area is 183 Å². The van der Waals surface area contributed by atoms with E-state index in [0.29, 0.717) is 22.6 Å². The lowest BCUT2D eigenvalue weighted by molar-refractivity contribution is -0.123. The summed E-state index contributed by atoms with van der Waals surface area (Å²) in [5.41, 5.74) is 1.04. The minimum absolute atomic E-state index is 0.208. The molecule has 162 valence electrons. The highest BCUT2D eigenvalue weighted by molar-refractivity contribution is 6.07. The summed E-state index contributed by atoms with van der Waals surface area (Å²) in [5, 5.41) is 8.42. The van der Waals surface area contributed by atoms with Gasteiger partial charge in [-0.3, -0.25) is 14.4 Å².